The van der Waals surface area contributed by atoms with Gasteiger partial charge in [0.15, 0.2) is 0 Å². The Labute approximate surface area is 136 Å². The van der Waals surface area contributed by atoms with Gasteiger partial charge < -0.3 is 15.4 Å². The fourth-order valence-corrected chi connectivity index (χ4v) is 1.90. The highest BCUT2D eigenvalue weighted by molar-refractivity contribution is 5.94. The molecule has 0 saturated heterocycles. The van der Waals surface area contributed by atoms with E-state index in [-0.39, 0.29) is 24.9 Å². The second kappa shape index (κ2) is 9.19. The molecule has 0 bridgehead atoms. The van der Waals surface area contributed by atoms with Crippen LogP contribution in [-0.4, -0.2) is 42.5 Å². The molecule has 0 aliphatic rings. The maximum atomic E-state index is 11.9. The van der Waals surface area contributed by atoms with Gasteiger partial charge in [-0.2, -0.15) is 5.10 Å². The molecule has 0 aliphatic heterocycles. The molecular weight excluding hydrogens is 304 g/mol. The third kappa shape index (κ3) is 5.14. The first kappa shape index (κ1) is 18.2. The van der Waals surface area contributed by atoms with Gasteiger partial charge in [-0.15, -0.1) is 12.4 Å². The highest BCUT2D eigenvalue weighted by atomic mass is 35.5. The Balaban J connectivity index is 0.00000242. The number of carbonyl (C=O) groups is 1. The number of benzene rings is 1. The number of carbonyl (C=O) groups excluding carboxylic acids is 1. The number of aromatic nitrogens is 2. The van der Waals surface area contributed by atoms with Crippen LogP contribution in [-0.2, 0) is 9.53 Å². The summed E-state index contributed by atoms with van der Waals surface area (Å²) in [5, 5.41) is 10.3. The van der Waals surface area contributed by atoms with E-state index >= 15 is 0 Å². The van der Waals surface area contributed by atoms with Gasteiger partial charge in [0.2, 0.25) is 5.91 Å². The lowest BCUT2D eigenvalue weighted by Crippen LogP contribution is -2.30. The Morgan fingerprint density at radius 3 is 2.77 bits per heavy atom. The van der Waals surface area contributed by atoms with Crippen molar-refractivity contribution >= 4 is 24.0 Å². The first-order valence-corrected chi connectivity index (χ1v) is 6.82. The van der Waals surface area contributed by atoms with Crippen LogP contribution in [0.3, 0.4) is 0 Å². The summed E-state index contributed by atoms with van der Waals surface area (Å²) in [4.78, 5) is 11.9. The summed E-state index contributed by atoms with van der Waals surface area (Å²) < 4.78 is 6.67. The maximum absolute atomic E-state index is 11.9. The van der Waals surface area contributed by atoms with E-state index in [4.69, 9.17) is 4.74 Å². The number of ether oxygens (including phenoxy) is 1. The van der Waals surface area contributed by atoms with Gasteiger partial charge in [-0.05, 0) is 25.1 Å². The average Bonchev–Trinajstić information content (AvgIpc) is 2.91. The second-order valence-corrected chi connectivity index (χ2v) is 4.64. The third-order valence-electron chi connectivity index (χ3n) is 2.92. The minimum Gasteiger partial charge on any atom is -0.383 e. The molecule has 0 aliphatic carbocycles. The van der Waals surface area contributed by atoms with Crippen molar-refractivity contribution in [1.82, 2.24) is 15.1 Å². The van der Waals surface area contributed by atoms with Crippen molar-refractivity contribution < 1.29 is 9.53 Å². The van der Waals surface area contributed by atoms with Crippen molar-refractivity contribution in [3.05, 3.63) is 42.2 Å². The number of methoxy groups -OCH3 is 1. The number of nitrogens with zero attached hydrogens (tertiary/aromatic N) is 2. The van der Waals surface area contributed by atoms with E-state index in [1.165, 1.54) is 0 Å². The standard InChI is InChI=1S/C15H20N4O2.ClH/c1-12-7-9-19(18-12)14-6-4-3-5-13(14)17-15(20)11-16-8-10-21-2;/h3-7,9,16H,8,10-11H2,1-2H3,(H,17,20);1H. The van der Waals surface area contributed by atoms with Crippen LogP contribution in [0.25, 0.3) is 5.69 Å². The van der Waals surface area contributed by atoms with E-state index in [0.29, 0.717) is 13.2 Å². The Kier molecular flexibility index (Phi) is 7.59. The van der Waals surface area contributed by atoms with Gasteiger partial charge in [0.05, 0.1) is 30.2 Å². The number of para-hydroxylation sites is 2. The predicted octanol–water partition coefficient (Wildman–Crippen LogP) is 1.78. The normalized spacial score (nSPS) is 10.1. The topological polar surface area (TPSA) is 68.2 Å². The summed E-state index contributed by atoms with van der Waals surface area (Å²) in [6, 6.07) is 9.50. The van der Waals surface area contributed by atoms with Crippen LogP contribution in [0.4, 0.5) is 5.69 Å². The molecule has 0 fully saturated rings. The first-order chi connectivity index (χ1) is 10.2. The van der Waals surface area contributed by atoms with Crippen molar-refractivity contribution in [2.24, 2.45) is 0 Å². The zero-order valence-electron chi connectivity index (χ0n) is 12.7. The number of anilines is 1. The summed E-state index contributed by atoms with van der Waals surface area (Å²) in [6.07, 6.45) is 1.87. The molecule has 0 unspecified atom stereocenters. The number of hydrogen-bond donors (Lipinski definition) is 2. The Bertz CT molecular complexity index is 601. The zero-order chi connectivity index (χ0) is 15.1. The van der Waals surface area contributed by atoms with Gasteiger partial charge in [-0.25, -0.2) is 4.68 Å². The predicted molar refractivity (Wildman–Crippen MR) is 88.9 cm³/mol. The molecule has 0 spiro atoms. The summed E-state index contributed by atoms with van der Waals surface area (Å²) in [6.45, 7) is 3.40. The second-order valence-electron chi connectivity index (χ2n) is 4.64. The highest BCUT2D eigenvalue weighted by Crippen LogP contribution is 2.19. The van der Waals surface area contributed by atoms with E-state index in [0.717, 1.165) is 17.1 Å². The molecule has 0 atom stereocenters. The van der Waals surface area contributed by atoms with Crippen LogP contribution in [0.2, 0.25) is 0 Å². The molecule has 0 saturated carbocycles. The monoisotopic (exact) mass is 324 g/mol. The molecular formula is C15H21ClN4O2. The van der Waals surface area contributed by atoms with Crippen molar-refractivity contribution in [2.45, 2.75) is 6.92 Å². The highest BCUT2D eigenvalue weighted by Gasteiger charge is 2.08. The Morgan fingerprint density at radius 1 is 1.32 bits per heavy atom. The van der Waals surface area contributed by atoms with E-state index in [2.05, 4.69) is 15.7 Å². The molecule has 6 nitrogen and oxygen atoms in total. The Hall–Kier alpha value is -1.89. The molecule has 1 heterocycles. The Morgan fingerprint density at radius 2 is 2.09 bits per heavy atom. The number of hydrogen-bond acceptors (Lipinski definition) is 4. The molecule has 1 aromatic heterocycles. The minimum absolute atomic E-state index is 0. The summed E-state index contributed by atoms with van der Waals surface area (Å²) in [7, 11) is 1.63. The molecule has 2 N–H and O–H groups in total. The molecule has 22 heavy (non-hydrogen) atoms. The summed E-state index contributed by atoms with van der Waals surface area (Å²) in [5.74, 6) is -0.0950. The van der Waals surface area contributed by atoms with Gasteiger partial charge >= 0.3 is 0 Å². The largest absolute Gasteiger partial charge is 0.383 e. The zero-order valence-corrected chi connectivity index (χ0v) is 13.5. The fourth-order valence-electron chi connectivity index (χ4n) is 1.90. The first-order valence-electron chi connectivity index (χ1n) is 6.82. The summed E-state index contributed by atoms with van der Waals surface area (Å²) in [5.41, 5.74) is 2.51. The van der Waals surface area contributed by atoms with Gasteiger partial charge in [-0.1, -0.05) is 12.1 Å². The third-order valence-corrected chi connectivity index (χ3v) is 2.92. The molecule has 1 amide bonds. The van der Waals surface area contributed by atoms with Crippen LogP contribution >= 0.6 is 12.4 Å². The van der Waals surface area contributed by atoms with Crippen LogP contribution < -0.4 is 10.6 Å². The van der Waals surface area contributed by atoms with Crippen LogP contribution in [0.15, 0.2) is 36.5 Å². The van der Waals surface area contributed by atoms with Crippen molar-refractivity contribution in [1.29, 1.82) is 0 Å². The van der Waals surface area contributed by atoms with Crippen LogP contribution in [0.5, 0.6) is 0 Å². The molecule has 0 radical (unpaired) electrons. The maximum Gasteiger partial charge on any atom is 0.238 e. The van der Waals surface area contributed by atoms with Gasteiger partial charge in [0.25, 0.3) is 0 Å². The lowest BCUT2D eigenvalue weighted by atomic mass is 10.2. The number of halogens is 1. The quantitative estimate of drug-likeness (QED) is 0.762. The van der Waals surface area contributed by atoms with E-state index in [9.17, 15) is 4.79 Å². The van der Waals surface area contributed by atoms with Crippen LogP contribution in [0.1, 0.15) is 5.69 Å². The molecule has 120 valence electrons. The van der Waals surface area contributed by atoms with Crippen molar-refractivity contribution in [2.75, 3.05) is 32.1 Å². The number of rotatable bonds is 7. The van der Waals surface area contributed by atoms with Gasteiger partial charge in [0, 0.05) is 19.9 Å². The average molecular weight is 325 g/mol. The number of aryl methyl sites for hydroxylation is 1. The SMILES string of the molecule is COCCNCC(=O)Nc1ccccc1-n1ccc(C)n1.Cl. The van der Waals surface area contributed by atoms with E-state index in [1.807, 2.05) is 43.5 Å². The van der Waals surface area contributed by atoms with E-state index < -0.39 is 0 Å². The number of nitrogens with one attached hydrogen (secondary N) is 2. The van der Waals surface area contributed by atoms with Gasteiger partial charge in [0.1, 0.15) is 0 Å². The molecule has 7 heteroatoms. The lowest BCUT2D eigenvalue weighted by Gasteiger charge is -2.11. The fraction of sp³-hybridized carbons (Fsp3) is 0.333. The van der Waals surface area contributed by atoms with Crippen LogP contribution in [0, 0.1) is 6.92 Å². The van der Waals surface area contributed by atoms with Gasteiger partial charge in [-0.3, -0.25) is 4.79 Å². The molecule has 2 aromatic rings. The lowest BCUT2D eigenvalue weighted by molar-refractivity contribution is -0.115. The minimum atomic E-state index is -0.0950. The van der Waals surface area contributed by atoms with E-state index in [1.54, 1.807) is 11.8 Å². The smallest absolute Gasteiger partial charge is 0.238 e. The van der Waals surface area contributed by atoms with Crippen molar-refractivity contribution in [3.63, 3.8) is 0 Å². The molecule has 1 aromatic carbocycles. The van der Waals surface area contributed by atoms with Crippen molar-refractivity contribution in [3.8, 4) is 5.69 Å². The summed E-state index contributed by atoms with van der Waals surface area (Å²) >= 11 is 0. The molecule has 2 rings (SSSR count). The number of amides is 1.